The molecule has 1 heterocycles. The van der Waals surface area contributed by atoms with Gasteiger partial charge in [0.2, 0.25) is 0 Å². The number of carbonyl (C=O) groups is 1. The third-order valence-electron chi connectivity index (χ3n) is 2.12. The highest BCUT2D eigenvalue weighted by Gasteiger charge is 2.11. The van der Waals surface area contributed by atoms with Crippen LogP contribution in [-0.2, 0) is 6.61 Å². The van der Waals surface area contributed by atoms with Gasteiger partial charge in [-0.05, 0) is 23.1 Å². The third-order valence-corrected chi connectivity index (χ3v) is 3.11. The first-order valence-corrected chi connectivity index (χ1v) is 4.94. The fourth-order valence-electron chi connectivity index (χ4n) is 1.40. The first-order valence-electron chi connectivity index (χ1n) is 4.06. The van der Waals surface area contributed by atoms with Gasteiger partial charge in [0.15, 0.2) is 6.29 Å². The monoisotopic (exact) mass is 208 g/mol. The Kier molecular flexibility index (Phi) is 2.23. The van der Waals surface area contributed by atoms with Crippen LogP contribution in [0.5, 0.6) is 5.75 Å². The maximum absolute atomic E-state index is 10.6. The van der Waals surface area contributed by atoms with Crippen LogP contribution in [0.2, 0.25) is 0 Å². The molecule has 0 saturated carbocycles. The molecule has 2 rings (SSSR count). The topological polar surface area (TPSA) is 57.5 Å². The molecule has 1 aromatic carbocycles. The average Bonchev–Trinajstić information content (AvgIpc) is 2.62. The lowest BCUT2D eigenvalue weighted by atomic mass is 10.1. The molecule has 14 heavy (non-hydrogen) atoms. The van der Waals surface area contributed by atoms with Crippen LogP contribution >= 0.6 is 11.3 Å². The van der Waals surface area contributed by atoms with E-state index in [1.165, 1.54) is 11.3 Å². The molecule has 0 aliphatic rings. The van der Waals surface area contributed by atoms with Gasteiger partial charge in [-0.15, -0.1) is 11.3 Å². The molecule has 0 radical (unpaired) electrons. The number of phenols is 1. The van der Waals surface area contributed by atoms with Crippen LogP contribution in [0.15, 0.2) is 17.5 Å². The van der Waals surface area contributed by atoms with Gasteiger partial charge < -0.3 is 10.2 Å². The van der Waals surface area contributed by atoms with Crippen molar-refractivity contribution in [2.75, 3.05) is 0 Å². The van der Waals surface area contributed by atoms with E-state index in [2.05, 4.69) is 0 Å². The van der Waals surface area contributed by atoms with Crippen LogP contribution in [0.3, 0.4) is 0 Å². The molecule has 0 atom stereocenters. The maximum atomic E-state index is 10.6. The van der Waals surface area contributed by atoms with Crippen molar-refractivity contribution in [2.45, 2.75) is 6.61 Å². The predicted octanol–water partition coefficient (Wildman–Crippen LogP) is 1.91. The van der Waals surface area contributed by atoms with Gasteiger partial charge in [-0.25, -0.2) is 0 Å². The van der Waals surface area contributed by atoms with Crippen molar-refractivity contribution in [1.82, 2.24) is 0 Å². The second-order valence-electron chi connectivity index (χ2n) is 2.91. The lowest BCUT2D eigenvalue weighted by molar-refractivity contribution is 0.112. The van der Waals surface area contributed by atoms with Gasteiger partial charge in [0, 0.05) is 10.1 Å². The van der Waals surface area contributed by atoms with Crippen LogP contribution in [-0.4, -0.2) is 16.5 Å². The van der Waals surface area contributed by atoms with Crippen LogP contribution in [0, 0.1) is 0 Å². The molecular formula is C10H8O3S. The highest BCUT2D eigenvalue weighted by Crippen LogP contribution is 2.35. The highest BCUT2D eigenvalue weighted by atomic mass is 32.1. The zero-order valence-corrected chi connectivity index (χ0v) is 8.04. The van der Waals surface area contributed by atoms with Gasteiger partial charge in [-0.1, -0.05) is 0 Å². The van der Waals surface area contributed by atoms with E-state index in [4.69, 9.17) is 5.11 Å². The Morgan fingerprint density at radius 1 is 1.43 bits per heavy atom. The minimum Gasteiger partial charge on any atom is -0.507 e. The number of rotatable bonds is 2. The van der Waals surface area contributed by atoms with Crippen molar-refractivity contribution in [2.24, 2.45) is 0 Å². The summed E-state index contributed by atoms with van der Waals surface area (Å²) in [7, 11) is 0. The largest absolute Gasteiger partial charge is 0.507 e. The Morgan fingerprint density at radius 2 is 2.21 bits per heavy atom. The summed E-state index contributed by atoms with van der Waals surface area (Å²) in [5.41, 5.74) is 0.914. The maximum Gasteiger partial charge on any atom is 0.153 e. The normalized spacial score (nSPS) is 10.6. The summed E-state index contributed by atoms with van der Waals surface area (Å²) in [5, 5.41) is 21.1. The zero-order valence-electron chi connectivity index (χ0n) is 7.23. The van der Waals surface area contributed by atoms with Gasteiger partial charge in [0.1, 0.15) is 5.75 Å². The predicted molar refractivity (Wildman–Crippen MR) is 54.8 cm³/mol. The van der Waals surface area contributed by atoms with Gasteiger partial charge in [-0.2, -0.15) is 0 Å². The number of aliphatic hydroxyl groups is 1. The summed E-state index contributed by atoms with van der Waals surface area (Å²) < 4.78 is 0.872. The summed E-state index contributed by atoms with van der Waals surface area (Å²) >= 11 is 1.44. The molecule has 0 amide bonds. The Morgan fingerprint density at radius 3 is 2.86 bits per heavy atom. The van der Waals surface area contributed by atoms with E-state index in [9.17, 15) is 9.90 Å². The third kappa shape index (κ3) is 1.20. The van der Waals surface area contributed by atoms with Crippen molar-refractivity contribution in [1.29, 1.82) is 0 Å². The smallest absolute Gasteiger partial charge is 0.153 e. The Hall–Kier alpha value is -1.39. The molecule has 72 valence electrons. The molecule has 0 aliphatic carbocycles. The van der Waals surface area contributed by atoms with Crippen molar-refractivity contribution < 1.29 is 15.0 Å². The number of aromatic hydroxyl groups is 1. The summed E-state index contributed by atoms with van der Waals surface area (Å²) in [6.45, 7) is -0.129. The van der Waals surface area contributed by atoms with E-state index in [0.717, 1.165) is 4.70 Å². The summed E-state index contributed by atoms with van der Waals surface area (Å²) in [6, 6.07) is 3.34. The molecule has 3 nitrogen and oxygen atoms in total. The van der Waals surface area contributed by atoms with Gasteiger partial charge in [-0.3, -0.25) is 4.79 Å². The van der Waals surface area contributed by atoms with Crippen LogP contribution in [0.25, 0.3) is 10.1 Å². The fourth-order valence-corrected chi connectivity index (χ4v) is 2.36. The molecule has 0 fully saturated rings. The molecule has 1 aromatic heterocycles. The molecule has 0 saturated heterocycles. The number of hydrogen-bond donors (Lipinski definition) is 2. The second-order valence-corrected chi connectivity index (χ2v) is 3.82. The van der Waals surface area contributed by atoms with Crippen molar-refractivity contribution in [3.63, 3.8) is 0 Å². The van der Waals surface area contributed by atoms with Crippen LogP contribution in [0.1, 0.15) is 15.9 Å². The van der Waals surface area contributed by atoms with Crippen LogP contribution < -0.4 is 0 Å². The molecule has 0 aliphatic heterocycles. The minimum absolute atomic E-state index is 0.0391. The minimum atomic E-state index is -0.129. The zero-order chi connectivity index (χ0) is 10.1. The number of benzene rings is 1. The van der Waals surface area contributed by atoms with E-state index in [0.29, 0.717) is 17.2 Å². The number of thiophene rings is 1. The number of hydrogen-bond acceptors (Lipinski definition) is 4. The molecule has 2 aromatic rings. The molecular weight excluding hydrogens is 200 g/mol. The number of phenolic OH excluding ortho intramolecular Hbond substituents is 1. The molecule has 0 bridgehead atoms. The Balaban J connectivity index is 2.83. The highest BCUT2D eigenvalue weighted by molar-refractivity contribution is 7.17. The van der Waals surface area contributed by atoms with E-state index < -0.39 is 0 Å². The number of aldehydes is 1. The SMILES string of the molecule is O=Cc1ccc2scc(CO)c2c1O. The van der Waals surface area contributed by atoms with Crippen LogP contribution in [0.4, 0.5) is 0 Å². The van der Waals surface area contributed by atoms with Gasteiger partial charge >= 0.3 is 0 Å². The van der Waals surface area contributed by atoms with Gasteiger partial charge in [0.25, 0.3) is 0 Å². The van der Waals surface area contributed by atoms with E-state index >= 15 is 0 Å². The fraction of sp³-hybridized carbons (Fsp3) is 0.100. The first kappa shape index (κ1) is 9.18. The summed E-state index contributed by atoms with van der Waals surface area (Å²) in [4.78, 5) is 10.6. The Labute approximate surface area is 84.2 Å². The van der Waals surface area contributed by atoms with Crippen molar-refractivity contribution in [3.05, 3.63) is 28.6 Å². The van der Waals surface area contributed by atoms with Gasteiger partial charge in [0.05, 0.1) is 12.2 Å². The first-order chi connectivity index (χ1) is 6.77. The lowest BCUT2D eigenvalue weighted by Crippen LogP contribution is -1.84. The van der Waals surface area contributed by atoms with E-state index in [1.807, 2.05) is 0 Å². The number of aliphatic hydroxyl groups excluding tert-OH is 1. The van der Waals surface area contributed by atoms with E-state index in [1.54, 1.807) is 17.5 Å². The summed E-state index contributed by atoms with van der Waals surface area (Å²) in [6.07, 6.45) is 0.605. The number of carbonyl (C=O) groups excluding carboxylic acids is 1. The average molecular weight is 208 g/mol. The number of fused-ring (bicyclic) bond motifs is 1. The quantitative estimate of drug-likeness (QED) is 0.741. The summed E-state index contributed by atoms with van der Waals surface area (Å²) in [5.74, 6) is -0.0391. The van der Waals surface area contributed by atoms with Crippen molar-refractivity contribution in [3.8, 4) is 5.75 Å². The Bertz CT molecular complexity index is 487. The molecule has 2 N–H and O–H groups in total. The second kappa shape index (κ2) is 3.40. The van der Waals surface area contributed by atoms with Crippen molar-refractivity contribution >= 4 is 27.7 Å². The standard InChI is InChI=1S/C10H8O3S/c11-3-6-1-2-8-9(10(6)13)7(4-12)5-14-8/h1-3,5,12-13H,4H2. The molecule has 4 heteroatoms. The molecule has 0 unspecified atom stereocenters. The lowest BCUT2D eigenvalue weighted by Gasteiger charge is -2.00. The molecule has 0 spiro atoms. The van der Waals surface area contributed by atoms with E-state index in [-0.39, 0.29) is 17.9 Å².